The van der Waals surface area contributed by atoms with Crippen LogP contribution < -0.4 is 5.32 Å². The molecule has 0 saturated heterocycles. The highest BCUT2D eigenvalue weighted by Crippen LogP contribution is 2.24. The number of nitrogens with zero attached hydrogens (tertiary/aromatic N) is 2. The van der Waals surface area contributed by atoms with Gasteiger partial charge in [0.1, 0.15) is 0 Å². The smallest absolute Gasteiger partial charge is 0.203 e. The summed E-state index contributed by atoms with van der Waals surface area (Å²) in [6.45, 7) is 6.97. The highest BCUT2D eigenvalue weighted by atomic mass is 32.1. The van der Waals surface area contributed by atoms with E-state index in [0.29, 0.717) is 6.61 Å². The number of nitrogens with one attached hydrogen (secondary N) is 1. The maximum absolute atomic E-state index is 5.23. The molecule has 19 heavy (non-hydrogen) atoms. The standard InChI is InChI=1S/C14H21N3OS/c1-10-8-17(11(2)9-18-4)14(15-10)16-12(3)13-6-5-7-19-13/h5-8,11-12H,9H2,1-4H3,(H,15,16). The number of aryl methyl sites for hydroxylation is 1. The van der Waals surface area contributed by atoms with Crippen LogP contribution in [-0.4, -0.2) is 23.3 Å². The second-order valence-electron chi connectivity index (χ2n) is 4.80. The molecule has 0 amide bonds. The van der Waals surface area contributed by atoms with Gasteiger partial charge in [-0.05, 0) is 32.2 Å². The number of thiophene rings is 1. The van der Waals surface area contributed by atoms with E-state index in [1.165, 1.54) is 4.88 Å². The topological polar surface area (TPSA) is 39.1 Å². The maximum atomic E-state index is 5.23. The lowest BCUT2D eigenvalue weighted by molar-refractivity contribution is 0.163. The molecule has 2 aromatic heterocycles. The largest absolute Gasteiger partial charge is 0.383 e. The van der Waals surface area contributed by atoms with E-state index in [-0.39, 0.29) is 12.1 Å². The molecule has 2 atom stereocenters. The lowest BCUT2D eigenvalue weighted by Crippen LogP contribution is -2.16. The van der Waals surface area contributed by atoms with Gasteiger partial charge in [0.25, 0.3) is 0 Å². The van der Waals surface area contributed by atoms with Crippen LogP contribution in [0.1, 0.15) is 36.5 Å². The Morgan fingerprint density at radius 2 is 2.26 bits per heavy atom. The van der Waals surface area contributed by atoms with Gasteiger partial charge < -0.3 is 14.6 Å². The van der Waals surface area contributed by atoms with Crippen molar-refractivity contribution < 1.29 is 4.74 Å². The summed E-state index contributed by atoms with van der Waals surface area (Å²) in [7, 11) is 1.72. The zero-order valence-corrected chi connectivity index (χ0v) is 12.7. The first-order valence-corrected chi connectivity index (χ1v) is 7.34. The van der Waals surface area contributed by atoms with Crippen LogP contribution in [0.3, 0.4) is 0 Å². The summed E-state index contributed by atoms with van der Waals surface area (Å²) in [5.41, 5.74) is 1.02. The van der Waals surface area contributed by atoms with Gasteiger partial charge >= 0.3 is 0 Å². The molecule has 0 aromatic carbocycles. The lowest BCUT2D eigenvalue weighted by Gasteiger charge is -2.18. The third-order valence-electron chi connectivity index (χ3n) is 3.05. The van der Waals surface area contributed by atoms with Gasteiger partial charge in [-0.3, -0.25) is 0 Å². The average molecular weight is 279 g/mol. The molecule has 4 nitrogen and oxygen atoms in total. The number of methoxy groups -OCH3 is 1. The van der Waals surface area contributed by atoms with E-state index in [4.69, 9.17) is 4.74 Å². The number of anilines is 1. The molecule has 0 bridgehead atoms. The number of aromatic nitrogens is 2. The van der Waals surface area contributed by atoms with Gasteiger partial charge in [-0.2, -0.15) is 0 Å². The second kappa shape index (κ2) is 6.21. The first kappa shape index (κ1) is 14.1. The van der Waals surface area contributed by atoms with E-state index in [9.17, 15) is 0 Å². The molecule has 0 fully saturated rings. The average Bonchev–Trinajstić information content (AvgIpc) is 2.98. The van der Waals surface area contributed by atoms with Crippen molar-refractivity contribution in [1.82, 2.24) is 9.55 Å². The molecule has 2 unspecified atom stereocenters. The third-order valence-corrected chi connectivity index (χ3v) is 4.11. The minimum atomic E-state index is 0.260. The van der Waals surface area contributed by atoms with Crippen LogP contribution in [-0.2, 0) is 4.74 Å². The molecule has 0 aliphatic carbocycles. The number of hydrogen-bond acceptors (Lipinski definition) is 4. The van der Waals surface area contributed by atoms with Crippen molar-refractivity contribution in [3.05, 3.63) is 34.3 Å². The fourth-order valence-electron chi connectivity index (χ4n) is 2.08. The van der Waals surface area contributed by atoms with Crippen LogP contribution in [0, 0.1) is 6.92 Å². The monoisotopic (exact) mass is 279 g/mol. The summed E-state index contributed by atoms with van der Waals surface area (Å²) < 4.78 is 7.37. The number of imidazole rings is 1. The van der Waals surface area contributed by atoms with Gasteiger partial charge in [0, 0.05) is 18.2 Å². The predicted octanol–water partition coefficient (Wildman–Crippen LogP) is 3.63. The van der Waals surface area contributed by atoms with Crippen molar-refractivity contribution in [2.45, 2.75) is 32.9 Å². The van der Waals surface area contributed by atoms with Crippen molar-refractivity contribution >= 4 is 17.3 Å². The Kier molecular flexibility index (Phi) is 4.61. The van der Waals surface area contributed by atoms with Gasteiger partial charge in [0.2, 0.25) is 5.95 Å². The molecule has 0 spiro atoms. The van der Waals surface area contributed by atoms with E-state index in [1.807, 2.05) is 6.92 Å². The lowest BCUT2D eigenvalue weighted by atomic mass is 10.3. The van der Waals surface area contributed by atoms with Crippen molar-refractivity contribution in [3.63, 3.8) is 0 Å². The zero-order valence-electron chi connectivity index (χ0n) is 11.9. The Morgan fingerprint density at radius 1 is 1.47 bits per heavy atom. The minimum absolute atomic E-state index is 0.260. The van der Waals surface area contributed by atoms with Crippen LogP contribution in [0.2, 0.25) is 0 Å². The van der Waals surface area contributed by atoms with Crippen molar-refractivity contribution in [2.24, 2.45) is 0 Å². The molecule has 2 aromatic rings. The van der Waals surface area contributed by atoms with Crippen LogP contribution in [0.15, 0.2) is 23.7 Å². The Labute approximate surface area is 118 Å². The summed E-state index contributed by atoms with van der Waals surface area (Å²) >= 11 is 1.76. The van der Waals surface area contributed by atoms with E-state index in [1.54, 1.807) is 18.4 Å². The van der Waals surface area contributed by atoms with Crippen molar-refractivity contribution in [3.8, 4) is 0 Å². The molecule has 1 N–H and O–H groups in total. The molecule has 0 aliphatic heterocycles. The van der Waals surface area contributed by atoms with Gasteiger partial charge in [0.15, 0.2) is 0 Å². The van der Waals surface area contributed by atoms with Gasteiger partial charge in [-0.1, -0.05) is 6.07 Å². The van der Waals surface area contributed by atoms with Crippen LogP contribution in [0.5, 0.6) is 0 Å². The first-order chi connectivity index (χ1) is 9.11. The quantitative estimate of drug-likeness (QED) is 0.877. The normalized spacial score (nSPS) is 14.3. The maximum Gasteiger partial charge on any atom is 0.203 e. The van der Waals surface area contributed by atoms with E-state index >= 15 is 0 Å². The SMILES string of the molecule is COCC(C)n1cc(C)nc1NC(C)c1cccs1. The molecule has 5 heteroatoms. The molecular weight excluding hydrogens is 258 g/mol. The first-order valence-electron chi connectivity index (χ1n) is 6.46. The molecule has 0 aliphatic rings. The molecule has 0 radical (unpaired) electrons. The minimum Gasteiger partial charge on any atom is -0.383 e. The van der Waals surface area contributed by atoms with Gasteiger partial charge in [-0.25, -0.2) is 4.98 Å². The summed E-state index contributed by atoms with van der Waals surface area (Å²) in [6.07, 6.45) is 2.06. The fraction of sp³-hybridized carbons (Fsp3) is 0.500. The Bertz CT molecular complexity index is 507. The van der Waals surface area contributed by atoms with Crippen molar-refractivity contribution in [1.29, 1.82) is 0 Å². The molecule has 2 heterocycles. The van der Waals surface area contributed by atoms with Crippen LogP contribution in [0.25, 0.3) is 0 Å². The summed E-state index contributed by atoms with van der Waals surface area (Å²) in [5, 5.41) is 5.58. The molecule has 2 rings (SSSR count). The van der Waals surface area contributed by atoms with E-state index in [0.717, 1.165) is 11.6 Å². The summed E-state index contributed by atoms with van der Waals surface area (Å²) in [5.74, 6) is 0.906. The van der Waals surface area contributed by atoms with E-state index in [2.05, 4.69) is 52.4 Å². The van der Waals surface area contributed by atoms with Crippen LogP contribution in [0.4, 0.5) is 5.95 Å². The number of hydrogen-bond donors (Lipinski definition) is 1. The zero-order chi connectivity index (χ0) is 13.8. The number of ether oxygens (including phenoxy) is 1. The van der Waals surface area contributed by atoms with Gasteiger partial charge in [-0.15, -0.1) is 11.3 Å². The summed E-state index contributed by atoms with van der Waals surface area (Å²) in [4.78, 5) is 5.88. The predicted molar refractivity (Wildman–Crippen MR) is 79.9 cm³/mol. The van der Waals surface area contributed by atoms with E-state index < -0.39 is 0 Å². The Morgan fingerprint density at radius 3 is 2.89 bits per heavy atom. The van der Waals surface area contributed by atoms with Crippen molar-refractivity contribution in [2.75, 3.05) is 19.0 Å². The second-order valence-corrected chi connectivity index (χ2v) is 5.78. The highest BCUT2D eigenvalue weighted by Gasteiger charge is 2.14. The Balaban J connectivity index is 2.15. The van der Waals surface area contributed by atoms with Crippen LogP contribution >= 0.6 is 11.3 Å². The number of rotatable bonds is 6. The summed E-state index contributed by atoms with van der Waals surface area (Å²) in [6, 6.07) is 4.74. The molecular formula is C14H21N3OS. The third kappa shape index (κ3) is 3.36. The van der Waals surface area contributed by atoms with Gasteiger partial charge in [0.05, 0.1) is 24.4 Å². The molecule has 104 valence electrons. The molecule has 0 saturated carbocycles. The fourth-order valence-corrected chi connectivity index (χ4v) is 2.82. The Hall–Kier alpha value is -1.33. The highest BCUT2D eigenvalue weighted by molar-refractivity contribution is 7.10.